The van der Waals surface area contributed by atoms with Crippen LogP contribution in [0.2, 0.25) is 0 Å². The van der Waals surface area contributed by atoms with Gasteiger partial charge in [-0.25, -0.2) is 29.3 Å². The summed E-state index contributed by atoms with van der Waals surface area (Å²) < 4.78 is 327. The molecule has 2 unspecified atom stereocenters. The number of fused-ring (bicyclic) bond motifs is 15. The van der Waals surface area contributed by atoms with Crippen LogP contribution in [-0.4, -0.2) is 146 Å². The molecule has 30 nitrogen and oxygen atoms in total. The number of hydrogen-bond acceptors (Lipinski definition) is 27. The standard InChI is InChI=1S/2C29H32F6N4O6.C29H30F6N4O6/c3*1-16-10-11-18(40)12-13-27(29(33,34)35,42-15-17-8-6-5-7-9-17)24-39-38-23(44-24)21-20(36-25(41)45-26(2,3)4)14-19(28(30,31)32)22(37-21)43-16/h2*5-9,14,16,18,40H,10-13,15H2,1-4H3,(H,36,41);5-9,14,16H,10-13,15H2,1-4H3,(H,36,41)/t2*16-,18?,27-;16-,27-/m111/s1. The number of carbonyl (C=O) groups excluding carboxylic acids is 4. The Morgan fingerprint density at radius 2 is 0.644 bits per heavy atom. The minimum absolute atomic E-state index is 0.0321. The van der Waals surface area contributed by atoms with E-state index in [1.807, 2.05) is 0 Å². The molecule has 3 aliphatic rings. The summed E-state index contributed by atoms with van der Waals surface area (Å²) in [4.78, 5) is 62.1. The highest BCUT2D eigenvalue weighted by atomic mass is 19.4. The van der Waals surface area contributed by atoms with Crippen molar-refractivity contribution in [1.82, 2.24) is 45.5 Å². The quantitative estimate of drug-likeness (QED) is 0.0560. The van der Waals surface area contributed by atoms with E-state index in [1.165, 1.54) is 95.2 Å². The number of rotatable bonds is 12. The van der Waals surface area contributed by atoms with Crippen LogP contribution in [0.15, 0.2) is 122 Å². The second kappa shape index (κ2) is 41.7. The average molecular weight is 1940 g/mol. The zero-order valence-corrected chi connectivity index (χ0v) is 74.1. The molecular weight excluding hydrogens is 1840 g/mol. The topological polar surface area (TPSA) is 383 Å². The SMILES string of the molecule is C[C@@H]1CCC(=O)CC[C@](OCc2ccccc2)(C(F)(F)F)c2nnc(o2)-c2nc(c(C(F)(F)F)cc2NC(=O)OC(C)(C)C)O1.C[C@@H]1CCC(O)CC[C@](OCc2ccccc2)(C(F)(F)F)c2nnc(o2)-c2nc(c(C(F)(F)F)cc2NC(=O)OC(C)(C)C)O1.C[C@@H]1CCC(O)CC[C@](OCc2ccccc2)(C(F)(F)F)c2nnc(o2)-c2nc(c(C(F)(F)F)cc2NC(=O)OC(C)(C)C)O1. The van der Waals surface area contributed by atoms with Crippen LogP contribution in [0.4, 0.5) is 110 Å². The van der Waals surface area contributed by atoms with Gasteiger partial charge in [-0.3, -0.25) is 20.7 Å². The van der Waals surface area contributed by atoms with Crippen molar-refractivity contribution in [3.8, 4) is 52.4 Å². The summed E-state index contributed by atoms with van der Waals surface area (Å²) in [6.45, 7) is 16.2. The number of nitrogens with zero attached hydrogens (tertiary/aromatic N) is 9. The van der Waals surface area contributed by atoms with Crippen LogP contribution >= 0.6 is 0 Å². The van der Waals surface area contributed by atoms with E-state index in [-0.39, 0.29) is 38.5 Å². The average Bonchev–Trinajstić information content (AvgIpc) is 1.62. The van der Waals surface area contributed by atoms with E-state index in [9.17, 15) is 108 Å². The van der Waals surface area contributed by atoms with Crippen molar-refractivity contribution in [3.05, 3.63) is 160 Å². The zero-order chi connectivity index (χ0) is 99.6. The highest BCUT2D eigenvalue weighted by Crippen LogP contribution is 2.53. The van der Waals surface area contributed by atoms with Gasteiger partial charge in [-0.2, -0.15) is 79.0 Å². The van der Waals surface area contributed by atoms with Gasteiger partial charge >= 0.3 is 55.3 Å². The van der Waals surface area contributed by atoms with Gasteiger partial charge in [0.2, 0.25) is 34.4 Å². The molecule has 6 aromatic heterocycles. The van der Waals surface area contributed by atoms with Crippen LogP contribution in [0.25, 0.3) is 34.8 Å². The molecule has 12 bridgehead atoms. The fraction of sp³-hybridized carbons (Fsp3) is 0.506. The molecule has 12 rings (SSSR count). The van der Waals surface area contributed by atoms with E-state index >= 15 is 0 Å². The lowest BCUT2D eigenvalue weighted by molar-refractivity contribution is -0.301. The summed E-state index contributed by atoms with van der Waals surface area (Å²) in [6.07, 6.45) is -44.6. The largest absolute Gasteiger partial charge is 0.474 e. The molecule has 135 heavy (non-hydrogen) atoms. The number of carbonyl (C=O) groups is 4. The number of hydrogen-bond donors (Lipinski definition) is 5. The molecule has 0 saturated carbocycles. The van der Waals surface area contributed by atoms with Gasteiger partial charge in [0.1, 0.15) is 39.3 Å². The summed E-state index contributed by atoms with van der Waals surface area (Å²) in [5.74, 6) is -9.10. The Kier molecular flexibility index (Phi) is 32.4. The fourth-order valence-corrected chi connectivity index (χ4v) is 13.4. The Balaban J connectivity index is 0.000000209. The minimum atomic E-state index is -5.20. The second-order valence-electron chi connectivity index (χ2n) is 34.5. The van der Waals surface area contributed by atoms with Gasteiger partial charge in [-0.1, -0.05) is 91.0 Å². The van der Waals surface area contributed by atoms with Gasteiger partial charge in [0.25, 0.3) is 35.3 Å². The number of halogens is 18. The number of ketones is 1. The molecule has 0 spiro atoms. The number of amides is 3. The van der Waals surface area contributed by atoms with Crippen LogP contribution in [-0.2, 0) is 88.4 Å². The first kappa shape index (κ1) is 105. The van der Waals surface area contributed by atoms with Crippen molar-refractivity contribution in [2.45, 2.75) is 281 Å². The van der Waals surface area contributed by atoms with Crippen LogP contribution in [0.1, 0.15) is 211 Å². The maximum atomic E-state index is 15.0. The number of anilines is 3. The first-order valence-corrected chi connectivity index (χ1v) is 41.6. The number of aliphatic hydroxyl groups is 2. The first-order valence-electron chi connectivity index (χ1n) is 41.6. The molecule has 0 radical (unpaired) electrons. The normalized spacial score (nSPS) is 20.9. The van der Waals surface area contributed by atoms with E-state index in [0.717, 1.165) is 0 Å². The van der Waals surface area contributed by atoms with E-state index in [2.05, 4.69) is 61.5 Å². The maximum Gasteiger partial charge on any atom is 0.426 e. The van der Waals surface area contributed by atoms with Crippen molar-refractivity contribution in [1.29, 1.82) is 0 Å². The molecule has 3 aliphatic heterocycles. The smallest absolute Gasteiger partial charge is 0.426 e. The molecule has 0 saturated heterocycles. The van der Waals surface area contributed by atoms with Crippen LogP contribution < -0.4 is 30.2 Å². The summed E-state index contributed by atoms with van der Waals surface area (Å²) in [6, 6.07) is 25.3. The molecule has 5 N–H and O–H groups in total. The third-order valence-electron chi connectivity index (χ3n) is 20.1. The molecule has 48 heteroatoms. The van der Waals surface area contributed by atoms with Crippen molar-refractivity contribution < 1.29 is 164 Å². The van der Waals surface area contributed by atoms with Gasteiger partial charge in [0, 0.05) is 19.3 Å². The number of benzene rings is 3. The van der Waals surface area contributed by atoms with Crippen molar-refractivity contribution in [3.63, 3.8) is 0 Å². The molecule has 9 heterocycles. The number of alkyl halides is 18. The number of pyridine rings is 3. The van der Waals surface area contributed by atoms with Gasteiger partial charge in [-0.05, 0) is 176 Å². The van der Waals surface area contributed by atoms with Gasteiger partial charge in [0.05, 0.1) is 67.4 Å². The predicted molar refractivity (Wildman–Crippen MR) is 437 cm³/mol. The number of nitrogens with one attached hydrogen (secondary N) is 3. The molecule has 0 fully saturated rings. The minimum Gasteiger partial charge on any atom is -0.474 e. The van der Waals surface area contributed by atoms with E-state index in [1.54, 1.807) is 78.9 Å². The van der Waals surface area contributed by atoms with Crippen molar-refractivity contribution in [2.75, 3.05) is 16.0 Å². The molecule has 8 atom stereocenters. The maximum absolute atomic E-state index is 15.0. The molecular formula is C87H94F18N12O18. The molecule has 0 aliphatic carbocycles. The lowest BCUT2D eigenvalue weighted by atomic mass is 9.92. The van der Waals surface area contributed by atoms with Crippen LogP contribution in [0.5, 0.6) is 17.6 Å². The monoisotopic (exact) mass is 1940 g/mol. The highest BCUT2D eigenvalue weighted by molar-refractivity contribution is 5.92. The van der Waals surface area contributed by atoms with Gasteiger partial charge in [-0.15, -0.1) is 30.6 Å². The van der Waals surface area contributed by atoms with E-state index in [0.29, 0.717) is 34.9 Å². The Morgan fingerprint density at radius 1 is 0.378 bits per heavy atom. The summed E-state index contributed by atoms with van der Waals surface area (Å²) in [7, 11) is 0. The molecule has 3 aromatic carbocycles. The third kappa shape index (κ3) is 27.6. The lowest BCUT2D eigenvalue weighted by Crippen LogP contribution is -2.46. The second-order valence-corrected chi connectivity index (χ2v) is 34.5. The summed E-state index contributed by atoms with van der Waals surface area (Å²) >= 11 is 0. The zero-order valence-electron chi connectivity index (χ0n) is 74.1. The number of Topliss-reactive ketones (excluding diaryl/α,β-unsaturated/α-hetero) is 1. The first-order chi connectivity index (χ1) is 62.6. The van der Waals surface area contributed by atoms with E-state index in [4.69, 9.17) is 55.9 Å². The van der Waals surface area contributed by atoms with Gasteiger partial charge in [0.15, 0.2) is 17.1 Å². The van der Waals surface area contributed by atoms with Crippen molar-refractivity contribution in [2.24, 2.45) is 0 Å². The number of ether oxygens (including phenoxy) is 9. The lowest BCUT2D eigenvalue weighted by Gasteiger charge is -2.33. The Labute approximate surface area is 758 Å². The van der Waals surface area contributed by atoms with Gasteiger partial charge < -0.3 is 66.1 Å². The Hall–Kier alpha value is -12.1. The van der Waals surface area contributed by atoms with Crippen molar-refractivity contribution >= 4 is 41.1 Å². The predicted octanol–water partition coefficient (Wildman–Crippen LogP) is 21.7. The van der Waals surface area contributed by atoms with Crippen LogP contribution in [0, 0.1) is 0 Å². The fourth-order valence-electron chi connectivity index (χ4n) is 13.4. The Bertz CT molecular complexity index is 5310. The molecule has 3 amide bonds. The third-order valence-corrected chi connectivity index (χ3v) is 20.1. The summed E-state index contributed by atoms with van der Waals surface area (Å²) in [5, 5.41) is 49.3. The Morgan fingerprint density at radius 3 is 0.904 bits per heavy atom. The number of aromatic nitrogens is 9. The van der Waals surface area contributed by atoms with E-state index < -0.39 is 287 Å². The highest BCUT2D eigenvalue weighted by Gasteiger charge is 2.64. The van der Waals surface area contributed by atoms with Crippen LogP contribution in [0.3, 0.4) is 0 Å². The molecule has 9 aromatic rings. The number of aliphatic hydroxyl groups excluding tert-OH is 2. The summed E-state index contributed by atoms with van der Waals surface area (Å²) in [5.41, 5.74) is -19.7. The molecule has 736 valence electrons.